The van der Waals surface area contributed by atoms with E-state index in [1.807, 2.05) is 33.8 Å². The Hall–Kier alpha value is -3.84. The van der Waals surface area contributed by atoms with Gasteiger partial charge < -0.3 is 4.90 Å². The van der Waals surface area contributed by atoms with Crippen LogP contribution < -0.4 is 4.90 Å². The Bertz CT molecular complexity index is 1570. The van der Waals surface area contributed by atoms with Gasteiger partial charge in [0.2, 0.25) is 11.8 Å². The van der Waals surface area contributed by atoms with Crippen molar-refractivity contribution in [3.63, 3.8) is 0 Å². The number of carbonyl (C=O) groups excluding carboxylic acids is 2. The van der Waals surface area contributed by atoms with Crippen LogP contribution in [-0.2, 0) is 9.59 Å². The van der Waals surface area contributed by atoms with Crippen molar-refractivity contribution in [2.75, 3.05) is 30.3 Å². The molecule has 1 fully saturated rings. The minimum Gasteiger partial charge on any atom is -0.341 e. The Balaban J connectivity index is 1.63. The van der Waals surface area contributed by atoms with Crippen LogP contribution in [0.3, 0.4) is 0 Å². The predicted octanol–water partition coefficient (Wildman–Crippen LogP) is 6.26. The number of benzene rings is 3. The summed E-state index contributed by atoms with van der Waals surface area (Å²) in [5.74, 6) is 0.898. The molecule has 0 N–H and O–H groups in total. The van der Waals surface area contributed by atoms with Crippen LogP contribution in [-0.4, -0.2) is 51.9 Å². The summed E-state index contributed by atoms with van der Waals surface area (Å²) in [4.78, 5) is 31.1. The number of aryl methyl sites for hydroxylation is 3. The SMILES string of the molecule is Cc1ccc(-n2nc(-c3ccccc3)c3c2N(CC(=O)N2CCCC2)C(=O)CSC3c2ccccc2C)c(C)c1. The van der Waals surface area contributed by atoms with Gasteiger partial charge in [0.15, 0.2) is 0 Å². The Morgan fingerprint density at radius 2 is 1.65 bits per heavy atom. The molecule has 2 aliphatic heterocycles. The van der Waals surface area contributed by atoms with E-state index in [9.17, 15) is 9.59 Å². The lowest BCUT2D eigenvalue weighted by Crippen LogP contribution is -2.43. The number of amides is 2. The monoisotopic (exact) mass is 550 g/mol. The molecule has 7 heteroatoms. The molecule has 1 unspecified atom stereocenters. The minimum atomic E-state index is -0.123. The van der Waals surface area contributed by atoms with Crippen molar-refractivity contribution in [3.8, 4) is 16.9 Å². The molecule has 1 saturated heterocycles. The summed E-state index contributed by atoms with van der Waals surface area (Å²) in [7, 11) is 0. The molecule has 204 valence electrons. The van der Waals surface area contributed by atoms with Crippen molar-refractivity contribution in [1.82, 2.24) is 14.7 Å². The van der Waals surface area contributed by atoms with Gasteiger partial charge >= 0.3 is 0 Å². The van der Waals surface area contributed by atoms with E-state index in [0.717, 1.165) is 65.1 Å². The Kier molecular flexibility index (Phi) is 7.24. The molecule has 3 aromatic carbocycles. The number of carbonyl (C=O) groups is 2. The molecule has 0 bridgehead atoms. The molecule has 3 heterocycles. The highest BCUT2D eigenvalue weighted by Crippen LogP contribution is 2.49. The number of hydrogen-bond donors (Lipinski definition) is 0. The zero-order valence-corrected chi connectivity index (χ0v) is 24.1. The van der Waals surface area contributed by atoms with Gasteiger partial charge in [0.1, 0.15) is 12.4 Å². The van der Waals surface area contributed by atoms with Crippen LogP contribution in [0, 0.1) is 20.8 Å². The van der Waals surface area contributed by atoms with Crippen LogP contribution in [0.1, 0.15) is 45.9 Å². The molecule has 4 aromatic rings. The number of nitrogens with zero attached hydrogens (tertiary/aromatic N) is 4. The minimum absolute atomic E-state index is 0.00854. The van der Waals surface area contributed by atoms with Gasteiger partial charge in [-0.1, -0.05) is 72.3 Å². The van der Waals surface area contributed by atoms with Crippen molar-refractivity contribution < 1.29 is 9.59 Å². The van der Waals surface area contributed by atoms with Crippen molar-refractivity contribution in [2.24, 2.45) is 0 Å². The fourth-order valence-corrected chi connectivity index (χ4v) is 7.16. The zero-order chi connectivity index (χ0) is 27.8. The lowest BCUT2D eigenvalue weighted by molar-refractivity contribution is -0.130. The molecule has 2 aliphatic rings. The van der Waals surface area contributed by atoms with Crippen LogP contribution in [0.15, 0.2) is 72.8 Å². The molecular weight excluding hydrogens is 516 g/mol. The first-order valence-corrected chi connectivity index (χ1v) is 15.0. The Labute approximate surface area is 240 Å². The number of anilines is 1. The third-order valence-corrected chi connectivity index (χ3v) is 9.18. The van der Waals surface area contributed by atoms with E-state index in [4.69, 9.17) is 5.10 Å². The third kappa shape index (κ3) is 4.83. The number of likely N-dealkylation sites (tertiary alicyclic amines) is 1. The molecule has 0 spiro atoms. The van der Waals surface area contributed by atoms with Crippen LogP contribution >= 0.6 is 11.8 Å². The van der Waals surface area contributed by atoms with E-state index in [1.54, 1.807) is 16.7 Å². The number of aromatic nitrogens is 2. The van der Waals surface area contributed by atoms with Crippen LogP contribution in [0.2, 0.25) is 0 Å². The highest BCUT2D eigenvalue weighted by molar-refractivity contribution is 8.00. The Morgan fingerprint density at radius 3 is 2.38 bits per heavy atom. The molecular formula is C33H34N4O2S. The second-order valence-corrected chi connectivity index (χ2v) is 11.9. The van der Waals surface area contributed by atoms with E-state index >= 15 is 0 Å². The second-order valence-electron chi connectivity index (χ2n) is 10.8. The first kappa shape index (κ1) is 26.4. The fourth-order valence-electron chi connectivity index (χ4n) is 5.87. The maximum Gasteiger partial charge on any atom is 0.242 e. The maximum atomic E-state index is 14.0. The lowest BCUT2D eigenvalue weighted by Gasteiger charge is -2.26. The quantitative estimate of drug-likeness (QED) is 0.295. The third-order valence-electron chi connectivity index (χ3n) is 7.94. The van der Waals surface area contributed by atoms with E-state index < -0.39 is 0 Å². The van der Waals surface area contributed by atoms with Crippen molar-refractivity contribution in [3.05, 3.63) is 101 Å². The van der Waals surface area contributed by atoms with E-state index in [-0.39, 0.29) is 29.4 Å². The van der Waals surface area contributed by atoms with Crippen LogP contribution in [0.4, 0.5) is 5.82 Å². The average Bonchev–Trinajstić information content (AvgIpc) is 3.60. The van der Waals surface area contributed by atoms with E-state index in [1.165, 1.54) is 5.56 Å². The molecule has 1 aromatic heterocycles. The van der Waals surface area contributed by atoms with E-state index in [0.29, 0.717) is 5.82 Å². The Morgan fingerprint density at radius 1 is 0.925 bits per heavy atom. The molecule has 6 nitrogen and oxygen atoms in total. The van der Waals surface area contributed by atoms with Crippen LogP contribution in [0.5, 0.6) is 0 Å². The van der Waals surface area contributed by atoms with Gasteiger partial charge in [-0.2, -0.15) is 5.10 Å². The van der Waals surface area contributed by atoms with Crippen molar-refractivity contribution in [1.29, 1.82) is 0 Å². The average molecular weight is 551 g/mol. The van der Waals surface area contributed by atoms with Gasteiger partial charge in [-0.15, -0.1) is 11.8 Å². The summed E-state index contributed by atoms with van der Waals surface area (Å²) >= 11 is 1.62. The van der Waals surface area contributed by atoms with Gasteiger partial charge in [-0.25, -0.2) is 4.68 Å². The fraction of sp³-hybridized carbons (Fsp3) is 0.303. The number of fused-ring (bicyclic) bond motifs is 1. The first-order chi connectivity index (χ1) is 19.4. The highest BCUT2D eigenvalue weighted by atomic mass is 32.2. The van der Waals surface area contributed by atoms with Gasteiger partial charge in [0.05, 0.1) is 22.4 Å². The van der Waals surface area contributed by atoms with Crippen LogP contribution in [0.25, 0.3) is 16.9 Å². The summed E-state index contributed by atoms with van der Waals surface area (Å²) < 4.78 is 1.92. The van der Waals surface area contributed by atoms with Crippen molar-refractivity contribution in [2.45, 2.75) is 38.9 Å². The smallest absolute Gasteiger partial charge is 0.242 e. The van der Waals surface area contributed by atoms with Crippen molar-refractivity contribution >= 4 is 29.4 Å². The molecule has 40 heavy (non-hydrogen) atoms. The van der Waals surface area contributed by atoms with Gasteiger partial charge in [0.25, 0.3) is 0 Å². The molecule has 0 saturated carbocycles. The summed E-state index contributed by atoms with van der Waals surface area (Å²) in [5.41, 5.74) is 8.26. The molecule has 0 aliphatic carbocycles. The predicted molar refractivity (Wildman–Crippen MR) is 162 cm³/mol. The highest BCUT2D eigenvalue weighted by Gasteiger charge is 2.39. The first-order valence-electron chi connectivity index (χ1n) is 13.9. The van der Waals surface area contributed by atoms with Gasteiger partial charge in [-0.3, -0.25) is 14.5 Å². The van der Waals surface area contributed by atoms with Gasteiger partial charge in [0, 0.05) is 24.2 Å². The molecule has 6 rings (SSSR count). The summed E-state index contributed by atoms with van der Waals surface area (Å²) in [6, 6.07) is 24.8. The van der Waals surface area contributed by atoms with E-state index in [2.05, 4.69) is 69.3 Å². The number of rotatable bonds is 5. The number of thioether (sulfide) groups is 1. The lowest BCUT2D eigenvalue weighted by atomic mass is 9.96. The second kappa shape index (κ2) is 11.0. The maximum absolute atomic E-state index is 14.0. The summed E-state index contributed by atoms with van der Waals surface area (Å²) in [5, 5.41) is 5.12. The molecule has 2 amide bonds. The number of hydrogen-bond acceptors (Lipinski definition) is 4. The molecule has 0 radical (unpaired) electrons. The normalized spacial score (nSPS) is 17.2. The largest absolute Gasteiger partial charge is 0.341 e. The summed E-state index contributed by atoms with van der Waals surface area (Å²) in [6.07, 6.45) is 2.02. The standard InChI is InChI=1S/C33H34N4O2S/c1-22-15-16-27(24(3)19-22)37-33-30(31(34-37)25-12-5-4-6-13-25)32(26-14-8-7-11-23(26)2)40-21-29(39)36(33)20-28(38)35-17-9-10-18-35/h4-8,11-16,19,32H,9-10,17-18,20-21H2,1-3H3. The summed E-state index contributed by atoms with van der Waals surface area (Å²) in [6.45, 7) is 7.78. The van der Waals surface area contributed by atoms with Gasteiger partial charge in [-0.05, 0) is 56.4 Å². The zero-order valence-electron chi connectivity index (χ0n) is 23.3. The topological polar surface area (TPSA) is 58.4 Å². The molecule has 1 atom stereocenters.